The van der Waals surface area contributed by atoms with Crippen LogP contribution in [0.3, 0.4) is 0 Å². The molecule has 0 unspecified atom stereocenters. The molecule has 40 heavy (non-hydrogen) atoms. The van der Waals surface area contributed by atoms with Crippen molar-refractivity contribution in [2.45, 2.75) is 31.9 Å². The van der Waals surface area contributed by atoms with Crippen molar-refractivity contribution in [1.29, 1.82) is 0 Å². The second-order valence-electron chi connectivity index (χ2n) is 9.54. The highest BCUT2D eigenvalue weighted by Crippen LogP contribution is 2.31. The van der Waals surface area contributed by atoms with E-state index in [9.17, 15) is 27.6 Å². The predicted molar refractivity (Wildman–Crippen MR) is 143 cm³/mol. The third-order valence-electron chi connectivity index (χ3n) is 6.77. The fourth-order valence-corrected chi connectivity index (χ4v) is 4.68. The highest BCUT2D eigenvalue weighted by Gasteiger charge is 2.35. The van der Waals surface area contributed by atoms with Crippen molar-refractivity contribution in [3.05, 3.63) is 94.1 Å². The number of alkyl halides is 3. The molecule has 1 fully saturated rings. The van der Waals surface area contributed by atoms with E-state index in [4.69, 9.17) is 5.73 Å². The topological polar surface area (TPSA) is 109 Å². The van der Waals surface area contributed by atoms with Gasteiger partial charge in [-0.15, -0.1) is 0 Å². The quantitative estimate of drug-likeness (QED) is 0.307. The van der Waals surface area contributed by atoms with Crippen LogP contribution < -0.4 is 5.73 Å². The summed E-state index contributed by atoms with van der Waals surface area (Å²) in [5.74, 6) is -0.409. The van der Waals surface area contributed by atoms with Crippen molar-refractivity contribution >= 4 is 25.4 Å². The molecular formula is C28H28BF3N5O3. The molecule has 0 saturated carbocycles. The first-order chi connectivity index (χ1) is 19.1. The molecule has 1 radical (unpaired) electrons. The predicted octanol–water partition coefficient (Wildman–Crippen LogP) is 2.47. The van der Waals surface area contributed by atoms with Gasteiger partial charge in [0.1, 0.15) is 5.82 Å². The van der Waals surface area contributed by atoms with Crippen LogP contribution in [0.2, 0.25) is 0 Å². The van der Waals surface area contributed by atoms with E-state index < -0.39 is 17.6 Å². The Morgan fingerprint density at radius 1 is 0.975 bits per heavy atom. The number of piperazine rings is 1. The van der Waals surface area contributed by atoms with Crippen molar-refractivity contribution in [3.63, 3.8) is 0 Å². The summed E-state index contributed by atoms with van der Waals surface area (Å²) in [7, 11) is 1.47. The van der Waals surface area contributed by atoms with E-state index in [2.05, 4.69) is 9.97 Å². The summed E-state index contributed by atoms with van der Waals surface area (Å²) in [6, 6.07) is 13.9. The van der Waals surface area contributed by atoms with Crippen LogP contribution in [-0.4, -0.2) is 71.3 Å². The Labute approximate surface area is 230 Å². The van der Waals surface area contributed by atoms with Gasteiger partial charge in [0.05, 0.1) is 23.9 Å². The molecule has 8 nitrogen and oxygen atoms in total. The first-order valence-corrected chi connectivity index (χ1v) is 12.8. The zero-order chi connectivity index (χ0) is 28.7. The molecule has 2 N–H and O–H groups in total. The average molecular weight is 550 g/mol. The molecular weight excluding hydrogens is 522 g/mol. The van der Waals surface area contributed by atoms with E-state index in [1.807, 2.05) is 4.81 Å². The Kier molecular flexibility index (Phi) is 9.31. The fraction of sp³-hybridized carbons (Fsp3) is 0.321. The molecule has 1 saturated heterocycles. The number of nitrogens with two attached hydrogens (primary N) is 1. The average Bonchev–Trinajstić information content (AvgIpc) is 2.92. The van der Waals surface area contributed by atoms with Crippen LogP contribution in [0.25, 0.3) is 0 Å². The lowest BCUT2D eigenvalue weighted by molar-refractivity contribution is -0.138. The number of amides is 2. The molecule has 0 spiro atoms. The molecule has 3 aromatic rings. The van der Waals surface area contributed by atoms with Gasteiger partial charge in [-0.1, -0.05) is 36.4 Å². The maximum atomic E-state index is 13.7. The van der Waals surface area contributed by atoms with E-state index in [-0.39, 0.29) is 43.1 Å². The second kappa shape index (κ2) is 12.9. The minimum Gasteiger partial charge on any atom is -0.369 e. The molecule has 2 aromatic carbocycles. The Morgan fingerprint density at radius 2 is 1.65 bits per heavy atom. The molecule has 207 valence electrons. The fourth-order valence-electron chi connectivity index (χ4n) is 4.68. The zero-order valence-corrected chi connectivity index (χ0v) is 21.7. The molecule has 2 amide bonds. The van der Waals surface area contributed by atoms with E-state index in [1.165, 1.54) is 7.41 Å². The Balaban J connectivity index is 1.46. The number of carbonyl (C=O) groups is 3. The highest BCUT2D eigenvalue weighted by atomic mass is 19.4. The molecule has 0 bridgehead atoms. The van der Waals surface area contributed by atoms with E-state index in [0.717, 1.165) is 23.5 Å². The van der Waals surface area contributed by atoms with Crippen LogP contribution in [0, 0.1) is 0 Å². The van der Waals surface area contributed by atoms with Crippen LogP contribution in [0.4, 0.5) is 13.2 Å². The number of primary amides is 1. The monoisotopic (exact) mass is 550 g/mol. The second-order valence-corrected chi connectivity index (χ2v) is 9.54. The summed E-state index contributed by atoms with van der Waals surface area (Å²) in [6.45, 7) is 2.15. The van der Waals surface area contributed by atoms with Gasteiger partial charge < -0.3 is 20.2 Å². The van der Waals surface area contributed by atoms with E-state index in [1.54, 1.807) is 53.4 Å². The largest absolute Gasteiger partial charge is 0.419 e. The summed E-state index contributed by atoms with van der Waals surface area (Å²) >= 11 is 0. The minimum atomic E-state index is -4.61. The number of aromatic nitrogens is 2. The van der Waals surface area contributed by atoms with Gasteiger partial charge in [-0.25, -0.2) is 9.97 Å². The number of nitrogens with zero attached hydrogens (tertiary/aromatic N) is 4. The van der Waals surface area contributed by atoms with E-state index >= 15 is 0 Å². The lowest BCUT2D eigenvalue weighted by Gasteiger charge is -2.33. The molecule has 1 aliphatic heterocycles. The lowest BCUT2D eigenvalue weighted by Crippen LogP contribution is -2.50. The highest BCUT2D eigenvalue weighted by molar-refractivity contribution is 6.64. The third kappa shape index (κ3) is 7.53. The molecule has 1 aliphatic rings. The smallest absolute Gasteiger partial charge is 0.369 e. The van der Waals surface area contributed by atoms with Crippen molar-refractivity contribution in [2.75, 3.05) is 26.2 Å². The van der Waals surface area contributed by atoms with Crippen molar-refractivity contribution in [1.82, 2.24) is 19.7 Å². The number of carbonyl (C=O) groups excluding carboxylic acids is 3. The van der Waals surface area contributed by atoms with E-state index in [0.29, 0.717) is 37.3 Å². The first kappa shape index (κ1) is 28.9. The standard InChI is InChI=1S/C28H28BF3N5O3/c30-28(31,32)23-17-34-26(35-24(23)10-9-20-3-1-2-4-22(20)16-25(33)39)15-19-5-7-21(8-6-19)27(40)36-11-13-37(14-12-36)29-18-38/h1-8,17-18H,9-16H2,(H2,33,39). The van der Waals surface area contributed by atoms with Gasteiger partial charge in [-0.2, -0.15) is 13.2 Å². The van der Waals surface area contributed by atoms with Gasteiger partial charge in [-0.05, 0) is 41.7 Å². The van der Waals surface area contributed by atoms with Crippen molar-refractivity contribution in [3.8, 4) is 0 Å². The number of rotatable bonds is 10. The van der Waals surface area contributed by atoms with Gasteiger partial charge >= 0.3 is 6.18 Å². The normalized spacial score (nSPS) is 14.1. The number of hydrogen-bond donors (Lipinski definition) is 1. The van der Waals surface area contributed by atoms with Crippen LogP contribution in [0.15, 0.2) is 54.7 Å². The zero-order valence-electron chi connectivity index (χ0n) is 21.7. The van der Waals surface area contributed by atoms with Gasteiger partial charge in [0, 0.05) is 44.4 Å². The maximum absolute atomic E-state index is 13.7. The van der Waals surface area contributed by atoms with Crippen molar-refractivity contribution < 1.29 is 27.6 Å². The van der Waals surface area contributed by atoms with Gasteiger partial charge in [0.2, 0.25) is 5.91 Å². The number of hydrogen-bond acceptors (Lipinski definition) is 6. The summed E-state index contributed by atoms with van der Waals surface area (Å²) in [5.41, 5.74) is 6.96. The van der Waals surface area contributed by atoms with Crippen LogP contribution in [-0.2, 0) is 41.4 Å². The Hall–Kier alpha value is -4.06. The molecule has 4 rings (SSSR count). The molecule has 0 atom stereocenters. The van der Waals surface area contributed by atoms with Crippen LogP contribution in [0.5, 0.6) is 0 Å². The molecule has 2 heterocycles. The third-order valence-corrected chi connectivity index (χ3v) is 6.77. The Morgan fingerprint density at radius 3 is 2.27 bits per heavy atom. The SMILES string of the molecule is NC(=O)Cc1ccccc1CCc1nc(Cc2ccc(C(=O)N3CCN([B]C=O)CC3)cc2)ncc1C(F)(F)F. The summed E-state index contributed by atoms with van der Waals surface area (Å²) in [5, 5.41) is 0. The Bertz CT molecular complexity index is 1360. The van der Waals surface area contributed by atoms with Crippen LogP contribution >= 0.6 is 0 Å². The van der Waals surface area contributed by atoms with Crippen molar-refractivity contribution in [2.24, 2.45) is 5.73 Å². The van der Waals surface area contributed by atoms with Crippen LogP contribution in [0.1, 0.15) is 44.1 Å². The summed E-state index contributed by atoms with van der Waals surface area (Å²) in [6.07, 6.45) is -2.62. The number of halogens is 3. The lowest BCUT2D eigenvalue weighted by atomic mass is 9.93. The molecule has 1 aromatic heterocycles. The maximum Gasteiger partial charge on any atom is 0.419 e. The summed E-state index contributed by atoms with van der Waals surface area (Å²) < 4.78 is 41.2. The van der Waals surface area contributed by atoms with Gasteiger partial charge in [0.15, 0.2) is 0 Å². The summed E-state index contributed by atoms with van der Waals surface area (Å²) in [4.78, 5) is 46.7. The van der Waals surface area contributed by atoms with Gasteiger partial charge in [-0.3, -0.25) is 9.59 Å². The number of aryl methyl sites for hydroxylation is 2. The molecule has 0 aliphatic carbocycles. The first-order valence-electron chi connectivity index (χ1n) is 12.8. The minimum absolute atomic E-state index is 0.00476. The molecule has 12 heteroatoms. The van der Waals surface area contributed by atoms with Gasteiger partial charge in [0.25, 0.3) is 13.3 Å². The number of benzene rings is 2.